The summed E-state index contributed by atoms with van der Waals surface area (Å²) in [4.78, 5) is 27.7. The molecule has 0 atom stereocenters. The van der Waals surface area contributed by atoms with Gasteiger partial charge in [-0.05, 0) is 42.0 Å². The normalized spacial score (nSPS) is 10.4. The van der Waals surface area contributed by atoms with Crippen LogP contribution in [0.1, 0.15) is 5.56 Å². The summed E-state index contributed by atoms with van der Waals surface area (Å²) in [6, 6.07) is 12.1. The molecule has 3 aromatic rings. The highest BCUT2D eigenvalue weighted by Crippen LogP contribution is 2.30. The molecule has 2 aromatic carbocycles. The quantitative estimate of drug-likeness (QED) is 0.354. The number of aromatic nitrogens is 4. The highest BCUT2D eigenvalue weighted by molar-refractivity contribution is 8.11. The Hall–Kier alpha value is -3.64. The molecule has 3 N–H and O–H groups in total. The average Bonchev–Trinajstić information content (AvgIpc) is 3.23. The van der Waals surface area contributed by atoms with Gasteiger partial charge in [0.05, 0.1) is 14.2 Å². The van der Waals surface area contributed by atoms with Crippen molar-refractivity contribution in [3.8, 4) is 22.9 Å². The molecule has 0 aliphatic carbocycles. The fraction of sp³-hybridized carbons (Fsp3) is 0.211. The van der Waals surface area contributed by atoms with Crippen LogP contribution in [0.2, 0.25) is 0 Å². The van der Waals surface area contributed by atoms with E-state index >= 15 is 0 Å². The van der Waals surface area contributed by atoms with Gasteiger partial charge in [-0.25, -0.2) is 4.79 Å². The highest BCUT2D eigenvalue weighted by atomic mass is 32.2. The lowest BCUT2D eigenvalue weighted by molar-refractivity contribution is -0.111. The van der Waals surface area contributed by atoms with E-state index in [-0.39, 0.29) is 11.7 Å². The third-order valence-electron chi connectivity index (χ3n) is 4.09. The SMILES string of the molecule is COc1ccc(-c2nnn(CC(=O)SNNC(=O)Nc3ccccc3C)n2)cc1OC. The number of nitrogens with zero attached hydrogens (tertiary/aromatic N) is 4. The van der Waals surface area contributed by atoms with Crippen molar-refractivity contribution in [2.45, 2.75) is 13.5 Å². The smallest absolute Gasteiger partial charge is 0.334 e. The van der Waals surface area contributed by atoms with E-state index in [0.29, 0.717) is 40.5 Å². The van der Waals surface area contributed by atoms with Crippen molar-refractivity contribution in [3.63, 3.8) is 0 Å². The lowest BCUT2D eigenvalue weighted by atomic mass is 10.2. The number of nitrogens with one attached hydrogen (secondary N) is 3. The number of carbonyl (C=O) groups is 2. The van der Waals surface area contributed by atoms with Crippen LogP contribution in [-0.4, -0.2) is 45.6 Å². The molecule has 0 aliphatic heterocycles. The minimum absolute atomic E-state index is 0.140. The number of amides is 2. The van der Waals surface area contributed by atoms with Gasteiger partial charge in [0.2, 0.25) is 10.9 Å². The molecule has 3 rings (SSSR count). The van der Waals surface area contributed by atoms with Crippen molar-refractivity contribution >= 4 is 28.8 Å². The van der Waals surface area contributed by atoms with E-state index < -0.39 is 6.03 Å². The summed E-state index contributed by atoms with van der Waals surface area (Å²) in [7, 11) is 3.08. The van der Waals surface area contributed by atoms with E-state index in [4.69, 9.17) is 9.47 Å². The summed E-state index contributed by atoms with van der Waals surface area (Å²) in [5.41, 5.74) is 4.64. The average molecular weight is 443 g/mol. The predicted molar refractivity (Wildman–Crippen MR) is 115 cm³/mol. The van der Waals surface area contributed by atoms with Gasteiger partial charge in [0.15, 0.2) is 11.5 Å². The number of hydrazine groups is 1. The Morgan fingerprint density at radius 1 is 1.10 bits per heavy atom. The van der Waals surface area contributed by atoms with E-state index in [1.165, 1.54) is 7.11 Å². The number of para-hydroxylation sites is 1. The van der Waals surface area contributed by atoms with E-state index in [9.17, 15) is 9.59 Å². The zero-order valence-electron chi connectivity index (χ0n) is 17.1. The zero-order chi connectivity index (χ0) is 22.2. The van der Waals surface area contributed by atoms with E-state index in [0.717, 1.165) is 10.4 Å². The van der Waals surface area contributed by atoms with E-state index in [1.54, 1.807) is 31.4 Å². The van der Waals surface area contributed by atoms with Gasteiger partial charge < -0.3 is 14.8 Å². The van der Waals surface area contributed by atoms with Gasteiger partial charge in [-0.2, -0.15) is 9.63 Å². The maximum atomic E-state index is 12.1. The Bertz CT molecular complexity index is 1070. The third kappa shape index (κ3) is 5.93. The van der Waals surface area contributed by atoms with E-state index in [2.05, 4.69) is 31.0 Å². The monoisotopic (exact) mass is 443 g/mol. The summed E-state index contributed by atoms with van der Waals surface area (Å²) in [5, 5.41) is 14.4. The van der Waals surface area contributed by atoms with Gasteiger partial charge in [0.25, 0.3) is 0 Å². The maximum absolute atomic E-state index is 12.1. The summed E-state index contributed by atoms with van der Waals surface area (Å²) in [6.07, 6.45) is 0. The molecule has 0 aliphatic rings. The van der Waals surface area contributed by atoms with Crippen LogP contribution in [0.4, 0.5) is 10.5 Å². The molecule has 0 fully saturated rings. The Labute approximate surface area is 182 Å². The molecular formula is C19H21N7O4S. The fourth-order valence-electron chi connectivity index (χ4n) is 2.54. The minimum atomic E-state index is -0.496. The topological polar surface area (TPSA) is 132 Å². The number of hydrogen-bond acceptors (Lipinski definition) is 9. The van der Waals surface area contributed by atoms with Gasteiger partial charge in [-0.3, -0.25) is 10.2 Å². The van der Waals surface area contributed by atoms with Crippen LogP contribution in [0.3, 0.4) is 0 Å². The number of benzene rings is 2. The number of tetrazole rings is 1. The molecule has 1 aromatic heterocycles. The molecule has 0 spiro atoms. The number of anilines is 1. The number of ether oxygens (including phenoxy) is 2. The van der Waals surface area contributed by atoms with Gasteiger partial charge in [-0.15, -0.1) is 10.2 Å². The molecule has 0 radical (unpaired) electrons. The zero-order valence-corrected chi connectivity index (χ0v) is 17.9. The first-order valence-corrected chi connectivity index (χ1v) is 9.89. The number of rotatable bonds is 8. The van der Waals surface area contributed by atoms with Gasteiger partial charge in [0.1, 0.15) is 6.54 Å². The van der Waals surface area contributed by atoms with Crippen LogP contribution < -0.4 is 25.0 Å². The molecule has 162 valence electrons. The van der Waals surface area contributed by atoms with Crippen LogP contribution in [0.5, 0.6) is 11.5 Å². The molecule has 0 saturated heterocycles. The predicted octanol–water partition coefficient (Wildman–Crippen LogP) is 2.17. The lowest BCUT2D eigenvalue weighted by Crippen LogP contribution is -2.37. The standard InChI is InChI=1S/C19H21N7O4S/c1-12-6-4-5-7-14(12)20-19(28)22-25-31-17(27)11-26-23-18(21-24-26)13-8-9-15(29-2)16(10-13)30-3/h4-10,25H,11H2,1-3H3,(H2,20,22,28). The Kier molecular flexibility index (Phi) is 7.40. The lowest BCUT2D eigenvalue weighted by Gasteiger charge is -2.09. The molecule has 0 unspecified atom stereocenters. The van der Waals surface area contributed by atoms with E-state index in [1.807, 2.05) is 25.1 Å². The molecule has 2 amide bonds. The summed E-state index contributed by atoms with van der Waals surface area (Å²) >= 11 is 0.704. The molecular weight excluding hydrogens is 422 g/mol. The number of carbonyl (C=O) groups excluding carboxylic acids is 2. The first-order chi connectivity index (χ1) is 15.0. The minimum Gasteiger partial charge on any atom is -0.493 e. The molecule has 11 nitrogen and oxygen atoms in total. The molecule has 12 heteroatoms. The fourth-order valence-corrected chi connectivity index (χ4v) is 2.98. The van der Waals surface area contributed by atoms with Crippen LogP contribution in [-0.2, 0) is 11.3 Å². The van der Waals surface area contributed by atoms with Gasteiger partial charge >= 0.3 is 6.03 Å². The number of hydrogen-bond donors (Lipinski definition) is 3. The Balaban J connectivity index is 1.49. The summed E-state index contributed by atoms with van der Waals surface area (Å²) in [6.45, 7) is 1.74. The second-order valence-electron chi connectivity index (χ2n) is 6.18. The Morgan fingerprint density at radius 3 is 2.61 bits per heavy atom. The van der Waals surface area contributed by atoms with Gasteiger partial charge in [-0.1, -0.05) is 18.2 Å². The van der Waals surface area contributed by atoms with Crippen molar-refractivity contribution in [1.82, 2.24) is 30.5 Å². The largest absolute Gasteiger partial charge is 0.493 e. The Morgan fingerprint density at radius 2 is 1.87 bits per heavy atom. The van der Waals surface area contributed by atoms with Crippen LogP contribution in [0.25, 0.3) is 11.4 Å². The maximum Gasteiger partial charge on any atom is 0.334 e. The highest BCUT2D eigenvalue weighted by Gasteiger charge is 2.13. The second-order valence-corrected chi connectivity index (χ2v) is 7.05. The van der Waals surface area contributed by atoms with Gasteiger partial charge in [0, 0.05) is 23.2 Å². The first-order valence-electron chi connectivity index (χ1n) is 9.07. The molecule has 31 heavy (non-hydrogen) atoms. The van der Waals surface area contributed by atoms with Crippen LogP contribution >= 0.6 is 11.9 Å². The van der Waals surface area contributed by atoms with Crippen molar-refractivity contribution in [1.29, 1.82) is 0 Å². The molecule has 0 saturated carbocycles. The number of methoxy groups -OCH3 is 2. The van der Waals surface area contributed by atoms with Crippen molar-refractivity contribution in [3.05, 3.63) is 48.0 Å². The number of urea groups is 1. The second kappa shape index (κ2) is 10.4. The molecule has 1 heterocycles. The van der Waals surface area contributed by atoms with Crippen molar-refractivity contribution in [2.75, 3.05) is 19.5 Å². The first kappa shape index (κ1) is 22.1. The number of aryl methyl sites for hydroxylation is 1. The summed E-state index contributed by atoms with van der Waals surface area (Å²) < 4.78 is 10.5. The molecule has 0 bridgehead atoms. The van der Waals surface area contributed by atoms with Crippen LogP contribution in [0, 0.1) is 6.92 Å². The van der Waals surface area contributed by atoms with Crippen LogP contribution in [0.15, 0.2) is 42.5 Å². The summed E-state index contributed by atoms with van der Waals surface area (Å²) in [5.74, 6) is 1.44. The third-order valence-corrected chi connectivity index (χ3v) is 4.65. The van der Waals surface area contributed by atoms with Crippen molar-refractivity contribution in [2.24, 2.45) is 0 Å². The van der Waals surface area contributed by atoms with Crippen molar-refractivity contribution < 1.29 is 19.1 Å².